The van der Waals surface area contributed by atoms with E-state index in [1.807, 2.05) is 6.07 Å². The maximum absolute atomic E-state index is 13.9. The Kier molecular flexibility index (Phi) is 6.64. The highest BCUT2D eigenvalue weighted by atomic mass is 19.1. The van der Waals surface area contributed by atoms with Crippen LogP contribution in [0.2, 0.25) is 0 Å². The molecular weight excluding hydrogens is 380 g/mol. The van der Waals surface area contributed by atoms with E-state index < -0.39 is 35.4 Å². The SMILES string of the molecule is CCC(NC(=O)NCc1cc2c([nH]c1=O)CCCC2)C(O)c1c(F)cccc1F. The summed E-state index contributed by atoms with van der Waals surface area (Å²) in [4.78, 5) is 27.3. The van der Waals surface area contributed by atoms with Crippen molar-refractivity contribution >= 4 is 6.03 Å². The molecule has 2 atom stereocenters. The smallest absolute Gasteiger partial charge is 0.315 e. The number of fused-ring (bicyclic) bond motifs is 1. The molecule has 0 radical (unpaired) electrons. The molecule has 8 heteroatoms. The molecule has 0 aliphatic heterocycles. The highest BCUT2D eigenvalue weighted by Crippen LogP contribution is 2.24. The van der Waals surface area contributed by atoms with Crippen LogP contribution in [0.1, 0.15) is 54.7 Å². The van der Waals surface area contributed by atoms with Crippen molar-refractivity contribution in [1.82, 2.24) is 15.6 Å². The number of carbonyl (C=O) groups excluding carboxylic acids is 1. The number of H-pyrrole nitrogens is 1. The van der Waals surface area contributed by atoms with Gasteiger partial charge in [-0.05, 0) is 55.9 Å². The fourth-order valence-corrected chi connectivity index (χ4v) is 3.65. The van der Waals surface area contributed by atoms with Gasteiger partial charge < -0.3 is 20.7 Å². The largest absolute Gasteiger partial charge is 0.386 e. The number of pyridine rings is 1. The number of amides is 2. The molecule has 0 saturated heterocycles. The van der Waals surface area contributed by atoms with E-state index in [2.05, 4.69) is 15.6 Å². The summed E-state index contributed by atoms with van der Waals surface area (Å²) in [5, 5.41) is 15.5. The molecular formula is C21H25F2N3O3. The molecule has 1 aliphatic rings. The highest BCUT2D eigenvalue weighted by molar-refractivity contribution is 5.74. The quantitative estimate of drug-likeness (QED) is 0.595. The maximum atomic E-state index is 13.9. The van der Waals surface area contributed by atoms with Crippen LogP contribution in [0.15, 0.2) is 29.1 Å². The number of hydrogen-bond acceptors (Lipinski definition) is 3. The molecule has 0 spiro atoms. The fourth-order valence-electron chi connectivity index (χ4n) is 3.65. The van der Waals surface area contributed by atoms with E-state index in [0.29, 0.717) is 5.56 Å². The third kappa shape index (κ3) is 4.82. The minimum absolute atomic E-state index is 0.00896. The van der Waals surface area contributed by atoms with Gasteiger partial charge in [0.25, 0.3) is 5.56 Å². The molecule has 0 fully saturated rings. The number of carbonyl (C=O) groups is 1. The van der Waals surface area contributed by atoms with Crippen LogP contribution in [0.25, 0.3) is 0 Å². The molecule has 4 N–H and O–H groups in total. The predicted molar refractivity (Wildman–Crippen MR) is 104 cm³/mol. The number of hydrogen-bond donors (Lipinski definition) is 4. The first-order chi connectivity index (χ1) is 13.9. The van der Waals surface area contributed by atoms with Crippen molar-refractivity contribution in [2.24, 2.45) is 0 Å². The fraction of sp³-hybridized carbons (Fsp3) is 0.429. The normalized spacial score (nSPS) is 15.3. The lowest BCUT2D eigenvalue weighted by Gasteiger charge is -2.24. The number of nitrogens with one attached hydrogen (secondary N) is 3. The van der Waals surface area contributed by atoms with Gasteiger partial charge in [0.1, 0.15) is 17.7 Å². The predicted octanol–water partition coefficient (Wildman–Crippen LogP) is 2.84. The Morgan fingerprint density at radius 3 is 2.62 bits per heavy atom. The summed E-state index contributed by atoms with van der Waals surface area (Å²) in [5.41, 5.74) is 1.76. The molecule has 2 aromatic rings. The summed E-state index contributed by atoms with van der Waals surface area (Å²) < 4.78 is 27.8. The van der Waals surface area contributed by atoms with Crippen molar-refractivity contribution in [3.63, 3.8) is 0 Å². The highest BCUT2D eigenvalue weighted by Gasteiger charge is 2.26. The number of urea groups is 1. The van der Waals surface area contributed by atoms with Crippen molar-refractivity contribution in [3.8, 4) is 0 Å². The van der Waals surface area contributed by atoms with E-state index in [1.54, 1.807) is 6.92 Å². The summed E-state index contributed by atoms with van der Waals surface area (Å²) >= 11 is 0. The monoisotopic (exact) mass is 405 g/mol. The number of aromatic nitrogens is 1. The van der Waals surface area contributed by atoms with Gasteiger partial charge in [-0.15, -0.1) is 0 Å². The zero-order valence-electron chi connectivity index (χ0n) is 16.2. The second kappa shape index (κ2) is 9.17. The second-order valence-corrected chi connectivity index (χ2v) is 7.26. The van der Waals surface area contributed by atoms with Crippen molar-refractivity contribution in [1.29, 1.82) is 0 Å². The van der Waals surface area contributed by atoms with Crippen LogP contribution in [-0.4, -0.2) is 22.2 Å². The van der Waals surface area contributed by atoms with Gasteiger partial charge in [-0.25, -0.2) is 13.6 Å². The van der Waals surface area contributed by atoms with Crippen LogP contribution in [0.5, 0.6) is 0 Å². The van der Waals surface area contributed by atoms with Gasteiger partial charge in [0.05, 0.1) is 11.6 Å². The van der Waals surface area contributed by atoms with Crippen LogP contribution in [-0.2, 0) is 19.4 Å². The number of aryl methyl sites for hydroxylation is 2. The molecule has 3 rings (SSSR count). The van der Waals surface area contributed by atoms with Crippen molar-refractivity contribution < 1.29 is 18.7 Å². The van der Waals surface area contributed by atoms with Crippen LogP contribution in [0, 0.1) is 11.6 Å². The van der Waals surface area contributed by atoms with Gasteiger partial charge in [-0.1, -0.05) is 13.0 Å². The zero-order chi connectivity index (χ0) is 21.0. The maximum Gasteiger partial charge on any atom is 0.315 e. The number of halogens is 2. The minimum Gasteiger partial charge on any atom is -0.386 e. The van der Waals surface area contributed by atoms with Crippen molar-refractivity contribution in [2.75, 3.05) is 0 Å². The molecule has 2 unspecified atom stereocenters. The molecule has 6 nitrogen and oxygen atoms in total. The molecule has 1 aromatic carbocycles. The average molecular weight is 405 g/mol. The Hall–Kier alpha value is -2.74. The lowest BCUT2D eigenvalue weighted by atomic mass is 9.95. The van der Waals surface area contributed by atoms with Gasteiger partial charge in [0.15, 0.2) is 0 Å². The van der Waals surface area contributed by atoms with Crippen LogP contribution in [0.3, 0.4) is 0 Å². The first-order valence-electron chi connectivity index (χ1n) is 9.81. The van der Waals surface area contributed by atoms with E-state index in [1.165, 1.54) is 6.07 Å². The third-order valence-electron chi connectivity index (χ3n) is 5.29. The third-order valence-corrected chi connectivity index (χ3v) is 5.29. The second-order valence-electron chi connectivity index (χ2n) is 7.26. The molecule has 1 aliphatic carbocycles. The molecule has 1 heterocycles. The zero-order valence-corrected chi connectivity index (χ0v) is 16.2. The van der Waals surface area contributed by atoms with Gasteiger partial charge in [-0.2, -0.15) is 0 Å². The lowest BCUT2D eigenvalue weighted by molar-refractivity contribution is 0.120. The number of aromatic amines is 1. The summed E-state index contributed by atoms with van der Waals surface area (Å²) in [7, 11) is 0. The molecule has 29 heavy (non-hydrogen) atoms. The van der Waals surface area contributed by atoms with Gasteiger partial charge in [0, 0.05) is 17.8 Å². The number of aliphatic hydroxyl groups is 1. The topological polar surface area (TPSA) is 94.2 Å². The van der Waals surface area contributed by atoms with E-state index in [0.717, 1.165) is 49.1 Å². The van der Waals surface area contributed by atoms with E-state index >= 15 is 0 Å². The minimum atomic E-state index is -1.54. The first kappa shape index (κ1) is 21.0. The Balaban J connectivity index is 1.64. The van der Waals surface area contributed by atoms with Crippen LogP contribution >= 0.6 is 0 Å². The lowest BCUT2D eigenvalue weighted by Crippen LogP contribution is -2.45. The molecule has 1 aromatic heterocycles. The van der Waals surface area contributed by atoms with Gasteiger partial charge >= 0.3 is 6.03 Å². The summed E-state index contributed by atoms with van der Waals surface area (Å²) in [6.07, 6.45) is 2.56. The summed E-state index contributed by atoms with van der Waals surface area (Å²) in [5.74, 6) is -1.75. The van der Waals surface area contributed by atoms with E-state index in [9.17, 15) is 23.5 Å². The number of benzene rings is 1. The van der Waals surface area contributed by atoms with Crippen molar-refractivity contribution in [3.05, 3.63) is 68.6 Å². The van der Waals surface area contributed by atoms with Gasteiger partial charge in [0.2, 0.25) is 0 Å². The van der Waals surface area contributed by atoms with Crippen LogP contribution < -0.4 is 16.2 Å². The van der Waals surface area contributed by atoms with E-state index in [-0.39, 0.29) is 18.5 Å². The van der Waals surface area contributed by atoms with E-state index in [4.69, 9.17) is 0 Å². The Morgan fingerprint density at radius 1 is 1.24 bits per heavy atom. The standard InChI is InChI=1S/C21H25F2N3O3/c1-2-16(19(27)18-14(22)7-5-8-15(18)23)26-21(29)24-11-13-10-12-6-3-4-9-17(12)25-20(13)28/h5,7-8,10,16,19,27H,2-4,6,9,11H2,1H3,(H,25,28)(H2,24,26,29). The van der Waals surface area contributed by atoms with Gasteiger partial charge in [-0.3, -0.25) is 4.79 Å². The van der Waals surface area contributed by atoms with Crippen molar-refractivity contribution in [2.45, 2.75) is 57.7 Å². The summed E-state index contributed by atoms with van der Waals surface area (Å²) in [6.45, 7) is 1.69. The Bertz CT molecular complexity index is 925. The molecule has 0 bridgehead atoms. The van der Waals surface area contributed by atoms with Crippen LogP contribution in [0.4, 0.5) is 13.6 Å². The number of rotatable bonds is 6. The molecule has 2 amide bonds. The Labute approximate surface area is 167 Å². The number of aliphatic hydroxyl groups excluding tert-OH is 1. The molecule has 0 saturated carbocycles. The average Bonchev–Trinajstić information content (AvgIpc) is 2.70. The Morgan fingerprint density at radius 2 is 1.93 bits per heavy atom. The summed E-state index contributed by atoms with van der Waals surface area (Å²) in [6, 6.07) is 3.59. The first-order valence-corrected chi connectivity index (χ1v) is 9.81. The molecule has 156 valence electrons.